The van der Waals surface area contributed by atoms with Crippen LogP contribution >= 0.6 is 11.3 Å². The maximum absolute atomic E-state index is 10.7. The van der Waals surface area contributed by atoms with Crippen LogP contribution in [0.4, 0.5) is 5.69 Å². The number of carbonyl (C=O) groups is 1. The SMILES string of the molecule is C=[N+](C=O)c1cc(C#CC(C)(C)C)sc1C(O)O. The molecule has 1 aromatic rings. The summed E-state index contributed by atoms with van der Waals surface area (Å²) in [6, 6.07) is 1.62. The van der Waals surface area contributed by atoms with Crippen molar-refractivity contribution >= 4 is 30.2 Å². The monoisotopic (exact) mass is 266 g/mol. The van der Waals surface area contributed by atoms with E-state index in [1.54, 1.807) is 6.07 Å². The van der Waals surface area contributed by atoms with Crippen molar-refractivity contribution in [1.29, 1.82) is 0 Å². The molecule has 1 rings (SSSR count). The highest BCUT2D eigenvalue weighted by Crippen LogP contribution is 2.32. The van der Waals surface area contributed by atoms with Crippen molar-refractivity contribution in [2.24, 2.45) is 5.41 Å². The number of thiophene rings is 1. The van der Waals surface area contributed by atoms with Gasteiger partial charge in [-0.1, -0.05) is 11.8 Å². The lowest BCUT2D eigenvalue weighted by Gasteiger charge is -2.06. The number of aliphatic hydroxyl groups is 2. The molecule has 5 heteroatoms. The van der Waals surface area contributed by atoms with Crippen LogP contribution in [0.1, 0.15) is 36.8 Å². The first-order valence-corrected chi connectivity index (χ1v) is 6.14. The molecule has 0 fully saturated rings. The van der Waals surface area contributed by atoms with E-state index in [-0.39, 0.29) is 10.3 Å². The minimum Gasteiger partial charge on any atom is -0.364 e. The number of amides is 1. The Morgan fingerprint density at radius 1 is 1.50 bits per heavy atom. The molecule has 0 bridgehead atoms. The highest BCUT2D eigenvalue weighted by Gasteiger charge is 2.22. The average Bonchev–Trinajstić information content (AvgIpc) is 2.68. The molecule has 1 heterocycles. The summed E-state index contributed by atoms with van der Waals surface area (Å²) in [6.45, 7) is 9.44. The third kappa shape index (κ3) is 3.77. The van der Waals surface area contributed by atoms with Crippen molar-refractivity contribution in [3.05, 3.63) is 15.8 Å². The number of nitrogens with zero attached hydrogens (tertiary/aromatic N) is 1. The summed E-state index contributed by atoms with van der Waals surface area (Å²) in [5.74, 6) is 6.00. The van der Waals surface area contributed by atoms with Crippen LogP contribution in [-0.2, 0) is 4.79 Å². The Hall–Kier alpha value is -1.48. The zero-order valence-electron chi connectivity index (χ0n) is 10.6. The lowest BCUT2D eigenvalue weighted by atomic mass is 9.98. The van der Waals surface area contributed by atoms with Gasteiger partial charge in [0.2, 0.25) is 5.69 Å². The minimum absolute atomic E-state index is 0.142. The molecule has 2 N–H and O–H groups in total. The summed E-state index contributed by atoms with van der Waals surface area (Å²) in [4.78, 5) is 11.6. The van der Waals surface area contributed by atoms with E-state index < -0.39 is 6.29 Å². The second-order valence-corrected chi connectivity index (χ2v) is 5.89. The Morgan fingerprint density at radius 2 is 2.11 bits per heavy atom. The predicted molar refractivity (Wildman–Crippen MR) is 70.9 cm³/mol. The predicted octanol–water partition coefficient (Wildman–Crippen LogP) is 1.63. The summed E-state index contributed by atoms with van der Waals surface area (Å²) in [5.41, 5.74) is 0.222. The second-order valence-electron chi connectivity index (χ2n) is 4.81. The highest BCUT2D eigenvalue weighted by atomic mass is 32.1. The smallest absolute Gasteiger partial charge is 0.364 e. The number of hydrogen-bond acceptors (Lipinski definition) is 4. The van der Waals surface area contributed by atoms with Gasteiger partial charge < -0.3 is 10.2 Å². The van der Waals surface area contributed by atoms with Gasteiger partial charge >= 0.3 is 6.41 Å². The molecule has 1 aromatic heterocycles. The fourth-order valence-corrected chi connectivity index (χ4v) is 2.07. The van der Waals surface area contributed by atoms with E-state index in [2.05, 4.69) is 18.6 Å². The molecule has 0 spiro atoms. The zero-order chi connectivity index (χ0) is 13.9. The maximum atomic E-state index is 10.7. The fourth-order valence-electron chi connectivity index (χ4n) is 1.17. The van der Waals surface area contributed by atoms with Gasteiger partial charge in [0.25, 0.3) is 0 Å². The number of carbonyl (C=O) groups excluding carboxylic acids is 1. The van der Waals surface area contributed by atoms with Crippen molar-refractivity contribution in [1.82, 2.24) is 0 Å². The third-order valence-electron chi connectivity index (χ3n) is 1.97. The first kappa shape index (κ1) is 14.6. The molecule has 18 heavy (non-hydrogen) atoms. The minimum atomic E-state index is -1.64. The summed E-state index contributed by atoms with van der Waals surface area (Å²) in [6.07, 6.45) is -1.13. The van der Waals surface area contributed by atoms with Crippen LogP contribution in [0.3, 0.4) is 0 Å². The van der Waals surface area contributed by atoms with Gasteiger partial charge in [-0.3, -0.25) is 0 Å². The first-order chi connectivity index (χ1) is 8.24. The van der Waals surface area contributed by atoms with Crippen LogP contribution in [0.25, 0.3) is 0 Å². The maximum Gasteiger partial charge on any atom is 0.380 e. The molecule has 0 aliphatic heterocycles. The van der Waals surface area contributed by atoms with Gasteiger partial charge in [0.1, 0.15) is 11.6 Å². The van der Waals surface area contributed by atoms with Crippen LogP contribution in [0.15, 0.2) is 6.07 Å². The standard InChI is InChI=1S/C13H16NO3S/c1-13(2,3)6-5-9-7-10(14(4)8-15)11(18-9)12(16)17/h7-8,12,16-17H,4H2,1-3H3/q+1. The van der Waals surface area contributed by atoms with Crippen molar-refractivity contribution in [2.45, 2.75) is 27.1 Å². The molecule has 0 saturated heterocycles. The Bertz CT molecular complexity index is 527. The van der Waals surface area contributed by atoms with Crippen LogP contribution in [0, 0.1) is 17.3 Å². The average molecular weight is 266 g/mol. The lowest BCUT2D eigenvalue weighted by molar-refractivity contribution is -0.340. The molecular weight excluding hydrogens is 250 g/mol. The van der Waals surface area contributed by atoms with Gasteiger partial charge in [-0.05, 0) is 20.8 Å². The lowest BCUT2D eigenvalue weighted by Crippen LogP contribution is -2.02. The van der Waals surface area contributed by atoms with E-state index >= 15 is 0 Å². The van der Waals surface area contributed by atoms with E-state index in [0.29, 0.717) is 17.0 Å². The van der Waals surface area contributed by atoms with Crippen LogP contribution in [0.5, 0.6) is 0 Å². The van der Waals surface area contributed by atoms with Crippen molar-refractivity contribution < 1.29 is 19.6 Å². The summed E-state index contributed by atoms with van der Waals surface area (Å²) < 4.78 is 1.05. The van der Waals surface area contributed by atoms with E-state index in [1.807, 2.05) is 20.8 Å². The molecule has 4 nitrogen and oxygen atoms in total. The molecule has 1 amide bonds. The summed E-state index contributed by atoms with van der Waals surface area (Å²) in [7, 11) is 0. The molecule has 0 saturated carbocycles. The Balaban J connectivity index is 3.21. The zero-order valence-corrected chi connectivity index (χ0v) is 11.4. The molecule has 0 aromatic carbocycles. The largest absolute Gasteiger partial charge is 0.380 e. The quantitative estimate of drug-likeness (QED) is 0.287. The third-order valence-corrected chi connectivity index (χ3v) is 3.05. The van der Waals surface area contributed by atoms with Gasteiger partial charge in [-0.25, -0.2) is 4.79 Å². The van der Waals surface area contributed by atoms with Crippen LogP contribution in [-0.4, -0.2) is 27.9 Å². The summed E-state index contributed by atoms with van der Waals surface area (Å²) in [5, 5.41) is 18.5. The highest BCUT2D eigenvalue weighted by molar-refractivity contribution is 7.13. The normalized spacial score (nSPS) is 11.0. The molecule has 0 radical (unpaired) electrons. The van der Waals surface area contributed by atoms with Gasteiger partial charge in [-0.15, -0.1) is 15.9 Å². The topological polar surface area (TPSA) is 60.5 Å². The molecule has 0 aliphatic carbocycles. The summed E-state index contributed by atoms with van der Waals surface area (Å²) >= 11 is 1.14. The van der Waals surface area contributed by atoms with Crippen LogP contribution < -0.4 is 0 Å². The van der Waals surface area contributed by atoms with Crippen LogP contribution in [0.2, 0.25) is 0 Å². The second kappa shape index (κ2) is 5.44. The molecule has 0 aliphatic rings. The Labute approximate surface area is 110 Å². The van der Waals surface area contributed by atoms with E-state index in [4.69, 9.17) is 0 Å². The first-order valence-electron chi connectivity index (χ1n) is 5.32. The van der Waals surface area contributed by atoms with Crippen molar-refractivity contribution in [2.75, 3.05) is 0 Å². The molecule has 0 unspecified atom stereocenters. The van der Waals surface area contributed by atoms with Crippen molar-refractivity contribution in [3.63, 3.8) is 0 Å². The van der Waals surface area contributed by atoms with Gasteiger partial charge in [0.05, 0.1) is 4.88 Å². The van der Waals surface area contributed by atoms with E-state index in [1.165, 1.54) is 0 Å². The number of rotatable bonds is 3. The molecule has 0 atom stereocenters. The Morgan fingerprint density at radius 3 is 2.56 bits per heavy atom. The Kier molecular flexibility index (Phi) is 4.41. The molecule has 96 valence electrons. The number of aliphatic hydroxyl groups excluding tert-OH is 1. The van der Waals surface area contributed by atoms with Gasteiger partial charge in [0.15, 0.2) is 6.29 Å². The van der Waals surface area contributed by atoms with Crippen molar-refractivity contribution in [3.8, 4) is 11.8 Å². The number of hydrogen-bond donors (Lipinski definition) is 2. The fraction of sp³-hybridized carbons (Fsp3) is 0.385. The van der Waals surface area contributed by atoms with E-state index in [9.17, 15) is 15.0 Å². The van der Waals surface area contributed by atoms with Gasteiger partial charge in [-0.2, -0.15) is 0 Å². The van der Waals surface area contributed by atoms with Gasteiger partial charge in [0, 0.05) is 11.5 Å². The van der Waals surface area contributed by atoms with E-state index in [0.717, 1.165) is 15.9 Å². The molecular formula is C13H16NO3S+.